The molecule has 1 aromatic carbocycles. The molecule has 0 spiro atoms. The van der Waals surface area contributed by atoms with Gasteiger partial charge in [0.2, 0.25) is 0 Å². The van der Waals surface area contributed by atoms with Crippen LogP contribution in [-0.2, 0) is 13.5 Å². The standard InChI is InChI=1S/C15H21N3O/c1-3-14(12-4-6-13(19)7-5-12)16-9-8-15-17-10-11-18(15)2/h4-7,10-11,14,16,19H,3,8-9H2,1-2H3. The van der Waals surface area contributed by atoms with Gasteiger partial charge in [0.1, 0.15) is 11.6 Å². The molecule has 0 aliphatic heterocycles. The molecule has 1 atom stereocenters. The molecular formula is C15H21N3O. The number of aromatic nitrogens is 2. The van der Waals surface area contributed by atoms with Gasteiger partial charge in [-0.1, -0.05) is 19.1 Å². The number of rotatable bonds is 6. The minimum atomic E-state index is 0.312. The van der Waals surface area contributed by atoms with Gasteiger partial charge in [-0.15, -0.1) is 0 Å². The first-order valence-electron chi connectivity index (χ1n) is 6.69. The Hall–Kier alpha value is -1.81. The molecule has 0 bridgehead atoms. The lowest BCUT2D eigenvalue weighted by Gasteiger charge is -2.17. The molecule has 19 heavy (non-hydrogen) atoms. The minimum absolute atomic E-state index is 0.312. The van der Waals surface area contributed by atoms with E-state index in [1.165, 1.54) is 5.56 Å². The second kappa shape index (κ2) is 6.38. The van der Waals surface area contributed by atoms with Crippen molar-refractivity contribution in [3.63, 3.8) is 0 Å². The number of phenols is 1. The van der Waals surface area contributed by atoms with Crippen molar-refractivity contribution in [2.75, 3.05) is 6.54 Å². The summed E-state index contributed by atoms with van der Waals surface area (Å²) in [5.74, 6) is 1.40. The highest BCUT2D eigenvalue weighted by molar-refractivity contribution is 5.27. The number of aryl methyl sites for hydroxylation is 1. The molecule has 0 saturated heterocycles. The third-order valence-corrected chi connectivity index (χ3v) is 3.36. The zero-order valence-corrected chi connectivity index (χ0v) is 11.5. The molecule has 0 aliphatic rings. The van der Waals surface area contributed by atoms with Crippen molar-refractivity contribution in [3.8, 4) is 5.75 Å². The van der Waals surface area contributed by atoms with Gasteiger partial charge in [0.15, 0.2) is 0 Å². The van der Waals surface area contributed by atoms with E-state index in [0.29, 0.717) is 11.8 Å². The molecule has 4 nitrogen and oxygen atoms in total. The van der Waals surface area contributed by atoms with Crippen molar-refractivity contribution in [1.82, 2.24) is 14.9 Å². The van der Waals surface area contributed by atoms with Gasteiger partial charge in [-0.05, 0) is 24.1 Å². The Bertz CT molecular complexity index is 504. The molecule has 102 valence electrons. The summed E-state index contributed by atoms with van der Waals surface area (Å²) in [6.07, 6.45) is 5.72. The first-order valence-corrected chi connectivity index (χ1v) is 6.69. The van der Waals surface area contributed by atoms with Crippen molar-refractivity contribution in [3.05, 3.63) is 48.0 Å². The van der Waals surface area contributed by atoms with Crippen LogP contribution in [0.2, 0.25) is 0 Å². The van der Waals surface area contributed by atoms with E-state index in [1.54, 1.807) is 12.1 Å². The first kappa shape index (κ1) is 13.6. The highest BCUT2D eigenvalue weighted by Gasteiger charge is 2.08. The van der Waals surface area contributed by atoms with Crippen molar-refractivity contribution < 1.29 is 5.11 Å². The van der Waals surface area contributed by atoms with Gasteiger partial charge in [-0.3, -0.25) is 0 Å². The van der Waals surface area contributed by atoms with E-state index in [9.17, 15) is 5.11 Å². The summed E-state index contributed by atoms with van der Waals surface area (Å²) in [6, 6.07) is 7.73. The molecule has 0 amide bonds. The molecule has 0 fully saturated rings. The van der Waals surface area contributed by atoms with E-state index in [4.69, 9.17) is 0 Å². The normalized spacial score (nSPS) is 12.5. The summed E-state index contributed by atoms with van der Waals surface area (Å²) < 4.78 is 2.04. The molecule has 2 rings (SSSR count). The highest BCUT2D eigenvalue weighted by atomic mass is 16.3. The molecule has 2 aromatic rings. The van der Waals surface area contributed by atoms with Gasteiger partial charge < -0.3 is 15.0 Å². The summed E-state index contributed by atoms with van der Waals surface area (Å²) in [5, 5.41) is 12.8. The fourth-order valence-electron chi connectivity index (χ4n) is 2.20. The average Bonchev–Trinajstić information content (AvgIpc) is 2.82. The Labute approximate surface area is 114 Å². The van der Waals surface area contributed by atoms with Gasteiger partial charge >= 0.3 is 0 Å². The number of aromatic hydroxyl groups is 1. The lowest BCUT2D eigenvalue weighted by molar-refractivity contribution is 0.473. The van der Waals surface area contributed by atoms with Gasteiger partial charge in [0.05, 0.1) is 0 Å². The van der Waals surface area contributed by atoms with Crippen LogP contribution in [0.15, 0.2) is 36.7 Å². The van der Waals surface area contributed by atoms with Crippen LogP contribution < -0.4 is 5.32 Å². The second-order valence-corrected chi connectivity index (χ2v) is 4.71. The Kier molecular flexibility index (Phi) is 4.58. The smallest absolute Gasteiger partial charge is 0.115 e. The lowest BCUT2D eigenvalue weighted by Crippen LogP contribution is -2.24. The molecule has 1 heterocycles. The maximum absolute atomic E-state index is 9.31. The summed E-state index contributed by atoms with van der Waals surface area (Å²) in [4.78, 5) is 4.31. The van der Waals surface area contributed by atoms with Gasteiger partial charge in [-0.2, -0.15) is 0 Å². The number of nitrogens with zero attached hydrogens (tertiary/aromatic N) is 2. The number of hydrogen-bond donors (Lipinski definition) is 2. The molecule has 0 saturated carbocycles. The zero-order chi connectivity index (χ0) is 13.7. The number of nitrogens with one attached hydrogen (secondary N) is 1. The van der Waals surface area contributed by atoms with Crippen LogP contribution in [0.1, 0.15) is 30.8 Å². The Morgan fingerprint density at radius 2 is 2.05 bits per heavy atom. The molecule has 0 radical (unpaired) electrons. The number of hydrogen-bond acceptors (Lipinski definition) is 3. The maximum atomic E-state index is 9.31. The third kappa shape index (κ3) is 3.58. The average molecular weight is 259 g/mol. The van der Waals surface area contributed by atoms with Crippen LogP contribution >= 0.6 is 0 Å². The molecule has 1 aromatic heterocycles. The van der Waals surface area contributed by atoms with Crippen molar-refractivity contribution in [2.45, 2.75) is 25.8 Å². The second-order valence-electron chi connectivity index (χ2n) is 4.71. The Balaban J connectivity index is 1.89. The number of benzene rings is 1. The Morgan fingerprint density at radius 1 is 1.32 bits per heavy atom. The predicted octanol–water partition coefficient (Wildman–Crippen LogP) is 2.41. The zero-order valence-electron chi connectivity index (χ0n) is 11.5. The van der Waals surface area contributed by atoms with Gasteiger partial charge in [-0.25, -0.2) is 4.98 Å². The predicted molar refractivity (Wildman–Crippen MR) is 76.1 cm³/mol. The maximum Gasteiger partial charge on any atom is 0.115 e. The highest BCUT2D eigenvalue weighted by Crippen LogP contribution is 2.19. The third-order valence-electron chi connectivity index (χ3n) is 3.36. The molecule has 1 unspecified atom stereocenters. The van der Waals surface area contributed by atoms with E-state index in [-0.39, 0.29) is 0 Å². The SMILES string of the molecule is CCC(NCCc1nccn1C)c1ccc(O)cc1. The van der Waals surface area contributed by atoms with E-state index in [1.807, 2.05) is 36.1 Å². The molecular weight excluding hydrogens is 238 g/mol. The van der Waals surface area contributed by atoms with E-state index < -0.39 is 0 Å². The van der Waals surface area contributed by atoms with Crippen LogP contribution in [0, 0.1) is 0 Å². The Morgan fingerprint density at radius 3 is 2.63 bits per heavy atom. The fraction of sp³-hybridized carbons (Fsp3) is 0.400. The number of phenolic OH excluding ortho intramolecular Hbond substituents is 1. The summed E-state index contributed by atoms with van der Waals surface area (Å²) in [7, 11) is 2.01. The van der Waals surface area contributed by atoms with Gasteiger partial charge in [0.25, 0.3) is 0 Å². The van der Waals surface area contributed by atoms with Crippen LogP contribution in [0.4, 0.5) is 0 Å². The summed E-state index contributed by atoms with van der Waals surface area (Å²) >= 11 is 0. The van der Waals surface area contributed by atoms with Crippen LogP contribution in [0.3, 0.4) is 0 Å². The number of imidazole rings is 1. The van der Waals surface area contributed by atoms with Crippen LogP contribution in [0.5, 0.6) is 5.75 Å². The van der Waals surface area contributed by atoms with Crippen LogP contribution in [0.25, 0.3) is 0 Å². The van der Waals surface area contributed by atoms with Gasteiger partial charge in [0, 0.05) is 38.4 Å². The minimum Gasteiger partial charge on any atom is -0.508 e. The van der Waals surface area contributed by atoms with Crippen molar-refractivity contribution in [1.29, 1.82) is 0 Å². The monoisotopic (exact) mass is 259 g/mol. The molecule has 0 aliphatic carbocycles. The quantitative estimate of drug-likeness (QED) is 0.837. The lowest BCUT2D eigenvalue weighted by atomic mass is 10.0. The van der Waals surface area contributed by atoms with E-state index in [0.717, 1.165) is 25.2 Å². The molecule has 2 N–H and O–H groups in total. The fourth-order valence-corrected chi connectivity index (χ4v) is 2.20. The van der Waals surface area contributed by atoms with E-state index in [2.05, 4.69) is 17.2 Å². The van der Waals surface area contributed by atoms with E-state index >= 15 is 0 Å². The summed E-state index contributed by atoms with van der Waals surface area (Å²) in [6.45, 7) is 3.05. The van der Waals surface area contributed by atoms with Crippen molar-refractivity contribution in [2.24, 2.45) is 7.05 Å². The molecule has 4 heteroatoms. The van der Waals surface area contributed by atoms with Crippen molar-refractivity contribution >= 4 is 0 Å². The first-order chi connectivity index (χ1) is 9.20. The van der Waals surface area contributed by atoms with Crippen LogP contribution in [-0.4, -0.2) is 21.2 Å². The largest absolute Gasteiger partial charge is 0.508 e. The topological polar surface area (TPSA) is 50.1 Å². The summed E-state index contributed by atoms with van der Waals surface area (Å²) in [5.41, 5.74) is 1.21.